The van der Waals surface area contributed by atoms with Gasteiger partial charge in [-0.1, -0.05) is 41.6 Å². The van der Waals surface area contributed by atoms with Crippen LogP contribution < -0.4 is 5.32 Å². The van der Waals surface area contributed by atoms with Crippen molar-refractivity contribution in [2.75, 3.05) is 0 Å². The Labute approximate surface area is 150 Å². The van der Waals surface area contributed by atoms with Gasteiger partial charge in [-0.2, -0.15) is 0 Å². The maximum Gasteiger partial charge on any atom is 0.277 e. The van der Waals surface area contributed by atoms with E-state index in [1.807, 2.05) is 38.1 Å². The van der Waals surface area contributed by atoms with Crippen LogP contribution in [0, 0.1) is 6.92 Å². The SMILES string of the molecule is Cc1ccc(CNC(=O)[C@H](C)Sc2nnc(-c3ccncc3)o2)cc1. The number of aromatic nitrogens is 3. The third kappa shape index (κ3) is 4.67. The Morgan fingerprint density at radius 1 is 1.16 bits per heavy atom. The molecule has 0 saturated heterocycles. The van der Waals surface area contributed by atoms with E-state index in [0.29, 0.717) is 17.7 Å². The van der Waals surface area contributed by atoms with E-state index in [-0.39, 0.29) is 11.2 Å². The molecule has 3 aromatic rings. The number of aryl methyl sites for hydroxylation is 1. The summed E-state index contributed by atoms with van der Waals surface area (Å²) in [6, 6.07) is 11.6. The van der Waals surface area contributed by atoms with Gasteiger partial charge in [0.15, 0.2) is 0 Å². The van der Waals surface area contributed by atoms with Crippen LogP contribution in [-0.2, 0) is 11.3 Å². The first-order chi connectivity index (χ1) is 12.1. The Balaban J connectivity index is 1.54. The number of nitrogens with one attached hydrogen (secondary N) is 1. The second kappa shape index (κ2) is 7.94. The standard InChI is InChI=1S/C18H18N4O2S/c1-12-3-5-14(6-4-12)11-20-16(23)13(2)25-18-22-21-17(24-18)15-7-9-19-10-8-15/h3-10,13H,11H2,1-2H3,(H,20,23)/t13-/m0/s1. The van der Waals surface area contributed by atoms with E-state index >= 15 is 0 Å². The second-order valence-electron chi connectivity index (χ2n) is 5.57. The highest BCUT2D eigenvalue weighted by atomic mass is 32.2. The monoisotopic (exact) mass is 354 g/mol. The minimum atomic E-state index is -0.337. The minimum Gasteiger partial charge on any atom is -0.411 e. The van der Waals surface area contributed by atoms with Crippen LogP contribution >= 0.6 is 11.8 Å². The summed E-state index contributed by atoms with van der Waals surface area (Å²) >= 11 is 1.24. The zero-order valence-electron chi connectivity index (χ0n) is 14.0. The van der Waals surface area contributed by atoms with Gasteiger partial charge in [-0.3, -0.25) is 9.78 Å². The van der Waals surface area contributed by atoms with Crippen molar-refractivity contribution < 1.29 is 9.21 Å². The molecule has 0 unspecified atom stereocenters. The van der Waals surface area contributed by atoms with Crippen LogP contribution in [0.1, 0.15) is 18.1 Å². The lowest BCUT2D eigenvalue weighted by Crippen LogP contribution is -2.30. The van der Waals surface area contributed by atoms with Crippen LogP contribution in [0.4, 0.5) is 0 Å². The fraction of sp³-hybridized carbons (Fsp3) is 0.222. The van der Waals surface area contributed by atoms with E-state index in [2.05, 4.69) is 20.5 Å². The molecule has 2 heterocycles. The van der Waals surface area contributed by atoms with Gasteiger partial charge in [-0.05, 0) is 31.5 Å². The quantitative estimate of drug-likeness (QED) is 0.685. The number of carbonyl (C=O) groups is 1. The molecule has 3 rings (SSSR count). The first-order valence-corrected chi connectivity index (χ1v) is 8.73. The normalized spacial score (nSPS) is 11.9. The molecule has 7 heteroatoms. The maximum atomic E-state index is 12.2. The van der Waals surface area contributed by atoms with Crippen molar-refractivity contribution in [2.24, 2.45) is 0 Å². The number of rotatable bonds is 6. The van der Waals surface area contributed by atoms with Crippen LogP contribution in [0.15, 0.2) is 58.4 Å². The van der Waals surface area contributed by atoms with E-state index in [0.717, 1.165) is 11.1 Å². The van der Waals surface area contributed by atoms with Crippen LogP contribution in [0.2, 0.25) is 0 Å². The molecule has 0 saturated carbocycles. The zero-order valence-corrected chi connectivity index (χ0v) is 14.8. The van der Waals surface area contributed by atoms with Crippen molar-refractivity contribution in [3.8, 4) is 11.5 Å². The Morgan fingerprint density at radius 2 is 1.88 bits per heavy atom. The molecule has 128 valence electrons. The molecule has 0 fully saturated rings. The van der Waals surface area contributed by atoms with E-state index in [1.54, 1.807) is 24.5 Å². The summed E-state index contributed by atoms with van der Waals surface area (Å²) in [5.74, 6) is 0.339. The molecule has 1 atom stereocenters. The molecular formula is C18H18N4O2S. The van der Waals surface area contributed by atoms with E-state index in [9.17, 15) is 4.79 Å². The lowest BCUT2D eigenvalue weighted by Gasteiger charge is -2.10. The van der Waals surface area contributed by atoms with Gasteiger partial charge in [0.25, 0.3) is 5.22 Å². The van der Waals surface area contributed by atoms with Gasteiger partial charge < -0.3 is 9.73 Å². The molecule has 2 aromatic heterocycles. The number of nitrogens with zero attached hydrogens (tertiary/aromatic N) is 3. The van der Waals surface area contributed by atoms with Crippen molar-refractivity contribution >= 4 is 17.7 Å². The number of amides is 1. The largest absolute Gasteiger partial charge is 0.411 e. The molecule has 0 spiro atoms. The van der Waals surface area contributed by atoms with Gasteiger partial charge in [0.05, 0.1) is 5.25 Å². The Bertz CT molecular complexity index is 834. The van der Waals surface area contributed by atoms with Gasteiger partial charge in [0.2, 0.25) is 11.8 Å². The lowest BCUT2D eigenvalue weighted by molar-refractivity contribution is -0.120. The molecule has 25 heavy (non-hydrogen) atoms. The molecule has 1 amide bonds. The minimum absolute atomic E-state index is 0.0748. The molecule has 6 nitrogen and oxygen atoms in total. The molecule has 0 bridgehead atoms. The van der Waals surface area contributed by atoms with Crippen LogP contribution in [0.5, 0.6) is 0 Å². The summed E-state index contributed by atoms with van der Waals surface area (Å²) in [5.41, 5.74) is 3.06. The number of thioether (sulfide) groups is 1. The summed E-state index contributed by atoms with van der Waals surface area (Å²) in [6.07, 6.45) is 3.32. The molecular weight excluding hydrogens is 336 g/mol. The van der Waals surface area contributed by atoms with Gasteiger partial charge in [0.1, 0.15) is 0 Å². The van der Waals surface area contributed by atoms with Gasteiger partial charge in [0, 0.05) is 24.5 Å². The van der Waals surface area contributed by atoms with Crippen molar-refractivity contribution in [3.63, 3.8) is 0 Å². The number of pyridine rings is 1. The maximum absolute atomic E-state index is 12.2. The van der Waals surface area contributed by atoms with Crippen LogP contribution in [0.3, 0.4) is 0 Å². The molecule has 0 radical (unpaired) electrons. The molecule has 0 aliphatic heterocycles. The third-order valence-electron chi connectivity index (χ3n) is 3.57. The van der Waals surface area contributed by atoms with Crippen molar-refractivity contribution in [3.05, 3.63) is 59.9 Å². The fourth-order valence-electron chi connectivity index (χ4n) is 2.11. The Hall–Kier alpha value is -2.67. The highest BCUT2D eigenvalue weighted by Gasteiger charge is 2.18. The van der Waals surface area contributed by atoms with Crippen molar-refractivity contribution in [2.45, 2.75) is 30.9 Å². The summed E-state index contributed by atoms with van der Waals surface area (Å²) in [4.78, 5) is 16.2. The highest BCUT2D eigenvalue weighted by molar-refractivity contribution is 8.00. The van der Waals surface area contributed by atoms with E-state index < -0.39 is 0 Å². The van der Waals surface area contributed by atoms with E-state index in [4.69, 9.17) is 4.42 Å². The highest BCUT2D eigenvalue weighted by Crippen LogP contribution is 2.25. The predicted molar refractivity (Wildman–Crippen MR) is 95.9 cm³/mol. The Kier molecular flexibility index (Phi) is 5.45. The lowest BCUT2D eigenvalue weighted by atomic mass is 10.1. The van der Waals surface area contributed by atoms with Crippen LogP contribution in [-0.4, -0.2) is 26.3 Å². The van der Waals surface area contributed by atoms with Crippen molar-refractivity contribution in [1.29, 1.82) is 0 Å². The number of hydrogen-bond donors (Lipinski definition) is 1. The molecule has 0 aliphatic carbocycles. The van der Waals surface area contributed by atoms with E-state index in [1.165, 1.54) is 17.3 Å². The summed E-state index contributed by atoms with van der Waals surface area (Å²) in [7, 11) is 0. The summed E-state index contributed by atoms with van der Waals surface area (Å²) in [5, 5.41) is 10.9. The van der Waals surface area contributed by atoms with Gasteiger partial charge in [-0.15, -0.1) is 10.2 Å². The first-order valence-electron chi connectivity index (χ1n) is 7.85. The third-order valence-corrected chi connectivity index (χ3v) is 4.50. The number of hydrogen-bond acceptors (Lipinski definition) is 6. The average Bonchev–Trinajstić information content (AvgIpc) is 3.10. The first kappa shape index (κ1) is 17.2. The topological polar surface area (TPSA) is 80.9 Å². The van der Waals surface area contributed by atoms with Gasteiger partial charge >= 0.3 is 0 Å². The zero-order chi connectivity index (χ0) is 17.6. The summed E-state index contributed by atoms with van der Waals surface area (Å²) in [6.45, 7) is 4.34. The number of benzene rings is 1. The summed E-state index contributed by atoms with van der Waals surface area (Å²) < 4.78 is 5.60. The molecule has 0 aliphatic rings. The number of carbonyl (C=O) groups excluding carboxylic acids is 1. The van der Waals surface area contributed by atoms with Crippen molar-refractivity contribution in [1.82, 2.24) is 20.5 Å². The average molecular weight is 354 g/mol. The predicted octanol–water partition coefficient (Wildman–Crippen LogP) is 3.24. The fourth-order valence-corrected chi connectivity index (χ4v) is 2.82. The van der Waals surface area contributed by atoms with Gasteiger partial charge in [-0.25, -0.2) is 0 Å². The Morgan fingerprint density at radius 3 is 2.60 bits per heavy atom. The molecule has 1 N–H and O–H groups in total. The molecule has 1 aromatic carbocycles. The second-order valence-corrected chi connectivity index (χ2v) is 6.86. The van der Waals surface area contributed by atoms with Crippen LogP contribution in [0.25, 0.3) is 11.5 Å². The smallest absolute Gasteiger partial charge is 0.277 e.